The molecule has 0 bridgehead atoms. The first-order valence-electron chi connectivity index (χ1n) is 18.3. The second-order valence-corrected chi connectivity index (χ2v) is 14.6. The highest BCUT2D eigenvalue weighted by Gasteiger charge is 2.29. The van der Waals surface area contributed by atoms with Crippen molar-refractivity contribution in [1.29, 1.82) is 0 Å². The minimum atomic E-state index is -1.55. The first kappa shape index (κ1) is 37.8. The van der Waals surface area contributed by atoms with Gasteiger partial charge in [0.2, 0.25) is 0 Å². The van der Waals surface area contributed by atoms with E-state index in [0.717, 1.165) is 56.9 Å². The van der Waals surface area contributed by atoms with Crippen LogP contribution in [-0.2, 0) is 25.5 Å². The largest absolute Gasteiger partial charge is 0.465 e. The zero-order valence-electron chi connectivity index (χ0n) is 29.1. The summed E-state index contributed by atoms with van der Waals surface area (Å²) in [4.78, 5) is 24.0. The Balaban J connectivity index is 1.26. The molecule has 0 aromatic heterocycles. The van der Waals surface area contributed by atoms with E-state index in [1.165, 1.54) is 54.0 Å². The van der Waals surface area contributed by atoms with Crippen molar-refractivity contribution >= 4 is 22.7 Å². The summed E-state index contributed by atoms with van der Waals surface area (Å²) in [6.45, 7) is 7.38. The average Bonchev–Trinajstić information content (AvgIpc) is 3.09. The maximum Gasteiger partial charge on any atom is 0.333 e. The third-order valence-corrected chi connectivity index (χ3v) is 11.0. The predicted molar refractivity (Wildman–Crippen MR) is 188 cm³/mol. The van der Waals surface area contributed by atoms with Crippen LogP contribution in [0.3, 0.4) is 0 Å². The lowest BCUT2D eigenvalue weighted by atomic mass is 9.72. The quantitative estimate of drug-likeness (QED) is 0.134. The molecule has 0 amide bonds. The number of aliphatic hydroxyl groups excluding tert-OH is 1. The highest BCUT2D eigenvalue weighted by atomic mass is 19.3. The molecule has 2 aromatic rings. The molecule has 2 saturated carbocycles. The smallest absolute Gasteiger partial charge is 0.333 e. The van der Waals surface area contributed by atoms with Crippen LogP contribution in [0.15, 0.2) is 60.7 Å². The van der Waals surface area contributed by atoms with Crippen molar-refractivity contribution < 1.29 is 33.0 Å². The number of esters is 2. The Morgan fingerprint density at radius 3 is 2.17 bits per heavy atom. The van der Waals surface area contributed by atoms with Crippen molar-refractivity contribution in [2.45, 2.75) is 110 Å². The van der Waals surface area contributed by atoms with Crippen LogP contribution in [0.25, 0.3) is 10.8 Å². The molecule has 2 aliphatic rings. The summed E-state index contributed by atoms with van der Waals surface area (Å²) in [6, 6.07) is 13.9. The van der Waals surface area contributed by atoms with E-state index in [-0.39, 0.29) is 24.5 Å². The molecule has 5 nitrogen and oxygen atoms in total. The zero-order chi connectivity index (χ0) is 34.5. The molecule has 264 valence electrons. The lowest BCUT2D eigenvalue weighted by Crippen LogP contribution is -2.25. The zero-order valence-corrected chi connectivity index (χ0v) is 29.1. The molecule has 2 unspecified atom stereocenters. The van der Waals surface area contributed by atoms with Crippen LogP contribution in [0.1, 0.15) is 114 Å². The molecule has 7 heteroatoms. The molecule has 0 heterocycles. The van der Waals surface area contributed by atoms with Crippen LogP contribution in [0.2, 0.25) is 0 Å². The summed E-state index contributed by atoms with van der Waals surface area (Å²) in [7, 11) is 0. The number of allylic oxidation sites excluding steroid dienone is 1. The second kappa shape index (κ2) is 19.2. The molecule has 2 fully saturated rings. The van der Waals surface area contributed by atoms with E-state index >= 15 is 0 Å². The van der Waals surface area contributed by atoms with Crippen LogP contribution < -0.4 is 0 Å². The van der Waals surface area contributed by atoms with Gasteiger partial charge >= 0.3 is 11.9 Å². The van der Waals surface area contributed by atoms with Crippen LogP contribution >= 0.6 is 0 Å². The van der Waals surface area contributed by atoms with Crippen molar-refractivity contribution in [2.24, 2.45) is 29.6 Å². The Labute approximate surface area is 286 Å². The third-order valence-electron chi connectivity index (χ3n) is 11.0. The number of hydrogen-bond acceptors (Lipinski definition) is 5. The Bertz CT molecular complexity index is 1370. The number of aliphatic hydroxyl groups is 1. The summed E-state index contributed by atoms with van der Waals surface area (Å²) < 4.78 is 35.5. The number of hydrogen-bond donors (Lipinski definition) is 1. The van der Waals surface area contributed by atoms with Crippen LogP contribution in [0.4, 0.5) is 8.78 Å². The van der Waals surface area contributed by atoms with Crippen molar-refractivity contribution in [1.82, 2.24) is 0 Å². The molecule has 1 N–H and O–H groups in total. The van der Waals surface area contributed by atoms with Gasteiger partial charge in [-0.15, -0.1) is 0 Å². The van der Waals surface area contributed by atoms with Gasteiger partial charge in [-0.25, -0.2) is 4.79 Å². The summed E-state index contributed by atoms with van der Waals surface area (Å²) >= 11 is 0. The molecular weight excluding hydrogens is 610 g/mol. The normalized spacial score (nSPS) is 22.4. The van der Waals surface area contributed by atoms with Crippen LogP contribution in [0.5, 0.6) is 0 Å². The van der Waals surface area contributed by atoms with Gasteiger partial charge in [0, 0.05) is 5.57 Å². The van der Waals surface area contributed by atoms with Gasteiger partial charge < -0.3 is 14.6 Å². The Morgan fingerprint density at radius 1 is 0.896 bits per heavy atom. The lowest BCUT2D eigenvalue weighted by molar-refractivity contribution is -0.149. The summed E-state index contributed by atoms with van der Waals surface area (Å²) in [5.74, 6) is 1.32. The highest BCUT2D eigenvalue weighted by Crippen LogP contribution is 2.41. The lowest BCUT2D eigenvalue weighted by Gasteiger charge is -2.34. The molecule has 0 radical (unpaired) electrons. The first-order chi connectivity index (χ1) is 23.1. The molecule has 2 aliphatic carbocycles. The Hall–Kier alpha value is -3.06. The number of ether oxygens (including phenoxy) is 2. The maximum absolute atomic E-state index is 12.3. The number of rotatable bonds is 17. The number of carbonyl (C=O) groups excluding carboxylic acids is 2. The average molecular weight is 667 g/mol. The monoisotopic (exact) mass is 666 g/mol. The standard InChI is InChI=1S/C41H56F2O5/c1-28(2)40(45)47-23-21-35(22-24-48-41(46)29(3)27-44)33-15-17-34(18-16-33)37-20-19-36-25-32(13-14-38(36)26-37)12-11-31-9-7-30(8-10-31)5-4-6-39(42)43/h6,13-14,19-20,25-26,29-31,33-35,44H,1,4-5,7-12,15-18,21-24,27H2,2-3H3. The maximum atomic E-state index is 12.3. The van der Waals surface area contributed by atoms with Crippen molar-refractivity contribution in [3.05, 3.63) is 71.8 Å². The molecule has 0 saturated heterocycles. The molecule has 48 heavy (non-hydrogen) atoms. The van der Waals surface area contributed by atoms with Gasteiger partial charge in [0.05, 0.1) is 25.7 Å². The van der Waals surface area contributed by atoms with Crippen LogP contribution in [-0.4, -0.2) is 36.9 Å². The highest BCUT2D eigenvalue weighted by molar-refractivity contribution is 5.87. The van der Waals surface area contributed by atoms with Gasteiger partial charge in [0.1, 0.15) is 0 Å². The fourth-order valence-electron chi connectivity index (χ4n) is 7.82. The number of halogens is 2. The van der Waals surface area contributed by atoms with Crippen LogP contribution in [0, 0.1) is 29.6 Å². The van der Waals surface area contributed by atoms with E-state index in [1.54, 1.807) is 13.8 Å². The molecule has 2 atom stereocenters. The molecule has 2 aromatic carbocycles. The first-order valence-corrected chi connectivity index (χ1v) is 18.3. The fraction of sp³-hybridized carbons (Fsp3) is 0.610. The Morgan fingerprint density at radius 2 is 1.52 bits per heavy atom. The number of benzene rings is 2. The SMILES string of the molecule is C=C(C)C(=O)OCCC(CCOC(=O)C(C)CO)C1CCC(c2ccc3cc(CCC4CCC(CCC=C(F)F)CC4)ccc3c2)CC1. The minimum Gasteiger partial charge on any atom is -0.465 e. The Kier molecular flexibility index (Phi) is 15.1. The van der Waals surface area contributed by atoms with E-state index in [2.05, 4.69) is 43.0 Å². The molecule has 4 rings (SSSR count). The minimum absolute atomic E-state index is 0.226. The second-order valence-electron chi connectivity index (χ2n) is 14.6. The number of fused-ring (bicyclic) bond motifs is 1. The van der Waals surface area contributed by atoms with Gasteiger partial charge in [-0.1, -0.05) is 68.7 Å². The number of aryl methyl sites for hydroxylation is 1. The number of carbonyl (C=O) groups is 2. The third kappa shape index (κ3) is 11.8. The van der Waals surface area contributed by atoms with Gasteiger partial charge in [-0.2, -0.15) is 8.78 Å². The summed E-state index contributed by atoms with van der Waals surface area (Å²) in [6.07, 6.45) is 13.7. The van der Waals surface area contributed by atoms with E-state index < -0.39 is 12.0 Å². The molecule has 0 spiro atoms. The van der Waals surface area contributed by atoms with Crippen molar-refractivity contribution in [3.63, 3.8) is 0 Å². The summed E-state index contributed by atoms with van der Waals surface area (Å²) in [5, 5.41) is 11.8. The van der Waals surface area contributed by atoms with Gasteiger partial charge in [-0.3, -0.25) is 4.79 Å². The van der Waals surface area contributed by atoms with Crippen molar-refractivity contribution in [2.75, 3.05) is 19.8 Å². The van der Waals surface area contributed by atoms with E-state index in [4.69, 9.17) is 9.47 Å². The molecular formula is C41H56F2O5. The fourth-order valence-corrected chi connectivity index (χ4v) is 7.82. The van der Waals surface area contributed by atoms with E-state index in [0.29, 0.717) is 49.4 Å². The van der Waals surface area contributed by atoms with Gasteiger partial charge in [-0.05, 0) is 136 Å². The van der Waals surface area contributed by atoms with Gasteiger partial charge in [0.25, 0.3) is 6.08 Å². The van der Waals surface area contributed by atoms with E-state index in [1.807, 2.05) is 0 Å². The van der Waals surface area contributed by atoms with E-state index in [9.17, 15) is 23.5 Å². The topological polar surface area (TPSA) is 72.8 Å². The predicted octanol–water partition coefficient (Wildman–Crippen LogP) is 10.1. The summed E-state index contributed by atoms with van der Waals surface area (Å²) in [5.41, 5.74) is 3.17. The van der Waals surface area contributed by atoms with Gasteiger partial charge in [0.15, 0.2) is 0 Å². The van der Waals surface area contributed by atoms with Crippen molar-refractivity contribution in [3.8, 4) is 0 Å². The molecule has 0 aliphatic heterocycles.